The van der Waals surface area contributed by atoms with Crippen LogP contribution in [-0.4, -0.2) is 33.5 Å². The van der Waals surface area contributed by atoms with Gasteiger partial charge in [0.2, 0.25) is 0 Å². The van der Waals surface area contributed by atoms with Crippen molar-refractivity contribution in [2.45, 2.75) is 52.8 Å². The number of ether oxygens (including phenoxy) is 1. The van der Waals surface area contributed by atoms with Gasteiger partial charge in [-0.15, -0.1) is 0 Å². The molecule has 2 aromatic rings. The van der Waals surface area contributed by atoms with Crippen molar-refractivity contribution in [3.05, 3.63) is 34.5 Å². The topological polar surface area (TPSA) is 74.1 Å². The highest BCUT2D eigenvalue weighted by Crippen LogP contribution is 2.33. The predicted molar refractivity (Wildman–Crippen MR) is 95.7 cm³/mol. The predicted octanol–water partition coefficient (Wildman–Crippen LogP) is 4.80. The minimum absolute atomic E-state index is 0.0345. The summed E-state index contributed by atoms with van der Waals surface area (Å²) in [7, 11) is 0. The molecule has 0 aliphatic rings. The first kappa shape index (κ1) is 25.5. The van der Waals surface area contributed by atoms with Crippen molar-refractivity contribution in [1.29, 1.82) is 0 Å². The molecule has 2 rings (SSSR count). The summed E-state index contributed by atoms with van der Waals surface area (Å²) in [6.45, 7) is 1.49. The van der Waals surface area contributed by atoms with E-state index in [0.717, 1.165) is 13.0 Å². The van der Waals surface area contributed by atoms with E-state index < -0.39 is 25.1 Å². The van der Waals surface area contributed by atoms with Crippen LogP contribution in [0.2, 0.25) is 5.15 Å². The summed E-state index contributed by atoms with van der Waals surface area (Å²) >= 11 is 6.30. The molecule has 1 atom stereocenters. The molecule has 0 fully saturated rings. The molecule has 0 aromatic carbocycles. The standard InChI is InChI=1S/C17H19ClF5N3O.CO2/c1-4-11-14(18)26(13(5-2)25-11)15-12(27-16(19)20)7-10(8-24-15)6-9(3)17(21,22)23;2-1-3/h7-9,16H,4-6H2,1-3H3;/t9-;/m1./s1. The number of alkyl halides is 5. The highest BCUT2D eigenvalue weighted by Gasteiger charge is 2.36. The second-order valence-corrected chi connectivity index (χ2v) is 6.44. The molecule has 166 valence electrons. The van der Waals surface area contributed by atoms with Crippen molar-refractivity contribution in [2.75, 3.05) is 0 Å². The van der Waals surface area contributed by atoms with Crippen LogP contribution in [0.25, 0.3) is 5.82 Å². The molecular formula is C18H19ClF5N3O3. The summed E-state index contributed by atoms with van der Waals surface area (Å²) in [5.74, 6) is -1.56. The smallest absolute Gasteiger partial charge is 0.391 e. The number of aryl methyl sites for hydroxylation is 2. The number of imidazole rings is 1. The Morgan fingerprint density at radius 3 is 2.30 bits per heavy atom. The van der Waals surface area contributed by atoms with Crippen LogP contribution in [0.1, 0.15) is 37.9 Å². The fraction of sp³-hybridized carbons (Fsp3) is 0.500. The maximum atomic E-state index is 12.9. The maximum absolute atomic E-state index is 12.9. The Kier molecular flexibility index (Phi) is 9.38. The van der Waals surface area contributed by atoms with Crippen LogP contribution in [0, 0.1) is 5.92 Å². The number of hydrogen-bond donors (Lipinski definition) is 0. The van der Waals surface area contributed by atoms with Crippen molar-refractivity contribution in [1.82, 2.24) is 14.5 Å². The number of hydrogen-bond acceptors (Lipinski definition) is 5. The quantitative estimate of drug-likeness (QED) is 0.560. The molecule has 0 spiro atoms. The number of carbonyl (C=O) groups excluding carboxylic acids is 2. The molecule has 0 amide bonds. The average molecular weight is 456 g/mol. The van der Waals surface area contributed by atoms with Gasteiger partial charge in [-0.05, 0) is 24.5 Å². The lowest BCUT2D eigenvalue weighted by Crippen LogP contribution is -2.22. The Bertz CT molecular complexity index is 881. The van der Waals surface area contributed by atoms with E-state index in [2.05, 4.69) is 14.7 Å². The van der Waals surface area contributed by atoms with E-state index in [9.17, 15) is 22.0 Å². The summed E-state index contributed by atoms with van der Waals surface area (Å²) in [4.78, 5) is 24.7. The van der Waals surface area contributed by atoms with Gasteiger partial charge in [0.1, 0.15) is 11.0 Å². The summed E-state index contributed by atoms with van der Waals surface area (Å²) in [6, 6.07) is 1.14. The zero-order valence-electron chi connectivity index (χ0n) is 16.3. The van der Waals surface area contributed by atoms with E-state index in [1.165, 1.54) is 10.8 Å². The van der Waals surface area contributed by atoms with E-state index in [1.807, 2.05) is 13.8 Å². The summed E-state index contributed by atoms with van der Waals surface area (Å²) in [6.07, 6.45) is -2.39. The Morgan fingerprint density at radius 2 is 1.83 bits per heavy atom. The Labute approximate surface area is 174 Å². The molecule has 0 unspecified atom stereocenters. The van der Waals surface area contributed by atoms with E-state index >= 15 is 0 Å². The average Bonchev–Trinajstić information content (AvgIpc) is 2.97. The fourth-order valence-electron chi connectivity index (χ4n) is 2.58. The lowest BCUT2D eigenvalue weighted by molar-refractivity contribution is -0.191. The van der Waals surface area contributed by atoms with Gasteiger partial charge in [-0.25, -0.2) is 9.97 Å². The molecule has 0 aliphatic heterocycles. The van der Waals surface area contributed by atoms with Crippen LogP contribution in [0.4, 0.5) is 22.0 Å². The van der Waals surface area contributed by atoms with Crippen molar-refractivity contribution in [3.8, 4) is 11.6 Å². The second-order valence-electron chi connectivity index (χ2n) is 6.08. The molecule has 0 aliphatic carbocycles. The van der Waals surface area contributed by atoms with Gasteiger partial charge in [0.25, 0.3) is 0 Å². The third-order valence-corrected chi connectivity index (χ3v) is 4.41. The first-order valence-corrected chi connectivity index (χ1v) is 9.13. The van der Waals surface area contributed by atoms with Gasteiger partial charge in [0, 0.05) is 12.6 Å². The molecule has 0 N–H and O–H groups in total. The number of aromatic nitrogens is 3. The molecule has 30 heavy (non-hydrogen) atoms. The van der Waals surface area contributed by atoms with Crippen LogP contribution in [0.5, 0.6) is 5.75 Å². The number of pyridine rings is 1. The molecule has 2 heterocycles. The van der Waals surface area contributed by atoms with E-state index in [-0.39, 0.29) is 28.4 Å². The van der Waals surface area contributed by atoms with E-state index in [1.54, 1.807) is 0 Å². The van der Waals surface area contributed by atoms with Crippen LogP contribution in [0.3, 0.4) is 0 Å². The van der Waals surface area contributed by atoms with Crippen molar-refractivity contribution in [2.24, 2.45) is 5.92 Å². The molecule has 2 aromatic heterocycles. The van der Waals surface area contributed by atoms with Crippen LogP contribution < -0.4 is 4.74 Å². The molecule has 0 saturated heterocycles. The molecule has 0 bridgehead atoms. The van der Waals surface area contributed by atoms with Gasteiger partial charge < -0.3 is 4.74 Å². The first-order chi connectivity index (χ1) is 14.0. The van der Waals surface area contributed by atoms with Gasteiger partial charge in [-0.1, -0.05) is 32.4 Å². The minimum atomic E-state index is -4.40. The Morgan fingerprint density at radius 1 is 1.23 bits per heavy atom. The maximum Gasteiger partial charge on any atom is 0.391 e. The minimum Gasteiger partial charge on any atom is -0.431 e. The van der Waals surface area contributed by atoms with Gasteiger partial charge in [0.15, 0.2) is 11.6 Å². The fourth-order valence-corrected chi connectivity index (χ4v) is 2.93. The van der Waals surface area contributed by atoms with Crippen LogP contribution in [0.15, 0.2) is 12.3 Å². The lowest BCUT2D eigenvalue weighted by Gasteiger charge is -2.17. The zero-order chi connectivity index (χ0) is 23.1. The summed E-state index contributed by atoms with van der Waals surface area (Å²) in [5.41, 5.74) is 0.692. The number of halogens is 6. The van der Waals surface area contributed by atoms with Crippen LogP contribution in [-0.2, 0) is 28.9 Å². The Balaban J connectivity index is 0.00000141. The Hall–Kier alpha value is -2.52. The third kappa shape index (κ3) is 6.50. The third-order valence-electron chi connectivity index (χ3n) is 4.03. The number of rotatable bonds is 7. The van der Waals surface area contributed by atoms with E-state index in [0.29, 0.717) is 24.4 Å². The highest BCUT2D eigenvalue weighted by molar-refractivity contribution is 6.30. The highest BCUT2D eigenvalue weighted by atomic mass is 35.5. The zero-order valence-corrected chi connectivity index (χ0v) is 17.0. The SMILES string of the molecule is CCc1nc(CC)n(-c2ncc(C[C@@H](C)C(F)(F)F)cc2OC(F)F)c1Cl.O=C=O. The summed E-state index contributed by atoms with van der Waals surface area (Å²) in [5, 5.41) is 0.206. The van der Waals surface area contributed by atoms with Gasteiger partial charge in [-0.2, -0.15) is 31.5 Å². The lowest BCUT2D eigenvalue weighted by atomic mass is 10.0. The monoisotopic (exact) mass is 455 g/mol. The van der Waals surface area contributed by atoms with Crippen molar-refractivity contribution < 1.29 is 36.3 Å². The molecule has 6 nitrogen and oxygen atoms in total. The molecule has 12 heteroatoms. The second kappa shape index (κ2) is 11.0. The number of nitrogens with zero attached hydrogens (tertiary/aromatic N) is 3. The van der Waals surface area contributed by atoms with Crippen molar-refractivity contribution in [3.63, 3.8) is 0 Å². The van der Waals surface area contributed by atoms with Gasteiger partial charge >= 0.3 is 18.9 Å². The van der Waals surface area contributed by atoms with Crippen molar-refractivity contribution >= 4 is 17.8 Å². The molecule has 0 saturated carbocycles. The summed E-state index contributed by atoms with van der Waals surface area (Å²) < 4.78 is 70.0. The molecule has 0 radical (unpaired) electrons. The van der Waals surface area contributed by atoms with E-state index in [4.69, 9.17) is 21.2 Å². The largest absolute Gasteiger partial charge is 0.431 e. The van der Waals surface area contributed by atoms with Gasteiger partial charge in [-0.3, -0.25) is 4.57 Å². The van der Waals surface area contributed by atoms with Crippen LogP contribution >= 0.6 is 11.6 Å². The molecular weight excluding hydrogens is 437 g/mol. The first-order valence-electron chi connectivity index (χ1n) is 8.76. The van der Waals surface area contributed by atoms with Gasteiger partial charge in [0.05, 0.1) is 11.6 Å². The normalized spacial score (nSPS) is 12.2.